The van der Waals surface area contributed by atoms with Crippen LogP contribution in [0.15, 0.2) is 11.2 Å². The Morgan fingerprint density at radius 2 is 2.10 bits per heavy atom. The largest absolute Gasteiger partial charge is 0.394 e. The molecule has 1 fully saturated rings. The first-order valence-corrected chi connectivity index (χ1v) is 8.89. The molecule has 1 heterocycles. The van der Waals surface area contributed by atoms with Gasteiger partial charge in [-0.05, 0) is 51.6 Å². The molecule has 5 heteroatoms. The van der Waals surface area contributed by atoms with Gasteiger partial charge in [-0.15, -0.1) is 0 Å². The van der Waals surface area contributed by atoms with Gasteiger partial charge in [-0.3, -0.25) is 0 Å². The van der Waals surface area contributed by atoms with Crippen molar-refractivity contribution in [3.8, 4) is 0 Å². The van der Waals surface area contributed by atoms with Gasteiger partial charge in [0.25, 0.3) is 0 Å². The number of hydrogen-bond acceptors (Lipinski definition) is 5. The molecule has 0 bridgehead atoms. The van der Waals surface area contributed by atoms with Crippen molar-refractivity contribution in [1.29, 1.82) is 0 Å². The zero-order valence-electron chi connectivity index (χ0n) is 13.4. The number of aromatic nitrogens is 2. The zero-order valence-corrected chi connectivity index (χ0v) is 14.2. The molecule has 0 amide bonds. The van der Waals surface area contributed by atoms with Crippen molar-refractivity contribution < 1.29 is 5.11 Å². The van der Waals surface area contributed by atoms with Crippen molar-refractivity contribution in [2.45, 2.75) is 57.1 Å². The summed E-state index contributed by atoms with van der Waals surface area (Å²) in [5, 5.41) is 14.2. The van der Waals surface area contributed by atoms with E-state index in [2.05, 4.69) is 22.2 Å². The van der Waals surface area contributed by atoms with E-state index in [1.54, 1.807) is 11.8 Å². The van der Waals surface area contributed by atoms with Gasteiger partial charge in [0.1, 0.15) is 0 Å². The fourth-order valence-electron chi connectivity index (χ4n) is 3.46. The van der Waals surface area contributed by atoms with Gasteiger partial charge in [0.05, 0.1) is 6.61 Å². The van der Waals surface area contributed by atoms with E-state index in [4.69, 9.17) is 0 Å². The summed E-state index contributed by atoms with van der Waals surface area (Å²) in [7, 11) is 0. The summed E-state index contributed by atoms with van der Waals surface area (Å²) in [6.07, 6.45) is 4.62. The van der Waals surface area contributed by atoms with Crippen LogP contribution in [0.5, 0.6) is 0 Å². The third-order valence-electron chi connectivity index (χ3n) is 4.43. The molecule has 0 spiro atoms. The van der Waals surface area contributed by atoms with Crippen LogP contribution in [-0.2, 0) is 0 Å². The molecule has 1 aromatic rings. The number of hydrogen-bond donors (Lipinski definition) is 2. The van der Waals surface area contributed by atoms with E-state index in [1.807, 2.05) is 19.9 Å². The number of nitrogens with zero attached hydrogens (tertiary/aromatic N) is 2. The van der Waals surface area contributed by atoms with Crippen molar-refractivity contribution in [3.63, 3.8) is 0 Å². The molecule has 118 valence electrons. The van der Waals surface area contributed by atoms with Crippen LogP contribution >= 0.6 is 11.8 Å². The summed E-state index contributed by atoms with van der Waals surface area (Å²) in [4.78, 5) is 8.96. The molecule has 1 aliphatic carbocycles. The van der Waals surface area contributed by atoms with Gasteiger partial charge < -0.3 is 10.4 Å². The lowest BCUT2D eigenvalue weighted by Gasteiger charge is -2.34. The molecular formula is C16H27N3OS. The molecule has 2 N–H and O–H groups in total. The van der Waals surface area contributed by atoms with Gasteiger partial charge in [0.15, 0.2) is 5.16 Å². The van der Waals surface area contributed by atoms with Crippen molar-refractivity contribution in [3.05, 3.63) is 17.5 Å². The lowest BCUT2D eigenvalue weighted by atomic mass is 9.86. The predicted octanol–water partition coefficient (Wildman–Crippen LogP) is 2.72. The Morgan fingerprint density at radius 3 is 2.71 bits per heavy atom. The Balaban J connectivity index is 1.90. The smallest absolute Gasteiger partial charge is 0.187 e. The molecule has 0 aromatic carbocycles. The Labute approximate surface area is 132 Å². The van der Waals surface area contributed by atoms with Crippen LogP contribution in [0.3, 0.4) is 0 Å². The van der Waals surface area contributed by atoms with Gasteiger partial charge in [0, 0.05) is 22.7 Å². The number of aliphatic hydroxyl groups excluding tert-OH is 1. The number of aryl methyl sites for hydroxylation is 2. The standard InChI is InChI=1S/C16H27N3OS/c1-4-17-16(11-20)8-5-6-14(16)7-9-21-15-18-12(2)10-13(3)19-15/h10,14,17,20H,4-9,11H2,1-3H3. The molecule has 0 saturated heterocycles. The highest BCUT2D eigenvalue weighted by atomic mass is 32.2. The predicted molar refractivity (Wildman–Crippen MR) is 87.7 cm³/mol. The van der Waals surface area contributed by atoms with Gasteiger partial charge in [-0.2, -0.15) is 0 Å². The highest BCUT2D eigenvalue weighted by molar-refractivity contribution is 7.99. The van der Waals surface area contributed by atoms with Crippen molar-refractivity contribution in [1.82, 2.24) is 15.3 Å². The van der Waals surface area contributed by atoms with Crippen LogP contribution in [0.2, 0.25) is 0 Å². The normalized spacial score (nSPS) is 25.4. The Morgan fingerprint density at radius 1 is 1.38 bits per heavy atom. The fraction of sp³-hybridized carbons (Fsp3) is 0.750. The van der Waals surface area contributed by atoms with Crippen LogP contribution in [0, 0.1) is 19.8 Å². The number of aliphatic hydroxyl groups is 1. The van der Waals surface area contributed by atoms with Gasteiger partial charge in [-0.1, -0.05) is 25.1 Å². The van der Waals surface area contributed by atoms with E-state index in [0.29, 0.717) is 5.92 Å². The maximum atomic E-state index is 9.81. The summed E-state index contributed by atoms with van der Waals surface area (Å²) in [6.45, 7) is 7.31. The first kappa shape index (κ1) is 16.7. The van der Waals surface area contributed by atoms with Gasteiger partial charge in [-0.25, -0.2) is 9.97 Å². The molecule has 1 aliphatic rings. The minimum absolute atomic E-state index is 0.0569. The second kappa shape index (κ2) is 7.56. The second-order valence-electron chi connectivity index (χ2n) is 6.00. The van der Waals surface area contributed by atoms with E-state index in [9.17, 15) is 5.11 Å². The lowest BCUT2D eigenvalue weighted by molar-refractivity contribution is 0.124. The minimum atomic E-state index is -0.0569. The summed E-state index contributed by atoms with van der Waals surface area (Å²) in [5.41, 5.74) is 2.00. The number of nitrogens with one attached hydrogen (secondary N) is 1. The monoisotopic (exact) mass is 309 g/mol. The lowest BCUT2D eigenvalue weighted by Crippen LogP contribution is -2.51. The minimum Gasteiger partial charge on any atom is -0.394 e. The molecule has 1 aromatic heterocycles. The average molecular weight is 309 g/mol. The second-order valence-corrected chi connectivity index (χ2v) is 7.07. The molecule has 21 heavy (non-hydrogen) atoms. The van der Waals surface area contributed by atoms with E-state index >= 15 is 0 Å². The Bertz CT molecular complexity index is 449. The molecule has 2 unspecified atom stereocenters. The van der Waals surface area contributed by atoms with Crippen LogP contribution in [0.1, 0.15) is 44.0 Å². The molecule has 0 radical (unpaired) electrons. The highest BCUT2D eigenvalue weighted by Gasteiger charge is 2.41. The first-order chi connectivity index (χ1) is 10.1. The summed E-state index contributed by atoms with van der Waals surface area (Å²) >= 11 is 1.73. The number of likely N-dealkylation sites (N-methyl/N-ethyl adjacent to an activating group) is 1. The van der Waals surface area contributed by atoms with Gasteiger partial charge in [0.2, 0.25) is 0 Å². The molecule has 2 rings (SSSR count). The number of thioether (sulfide) groups is 1. The van der Waals surface area contributed by atoms with Crippen molar-refractivity contribution >= 4 is 11.8 Å². The summed E-state index contributed by atoms with van der Waals surface area (Å²) in [5.74, 6) is 1.57. The van der Waals surface area contributed by atoms with Crippen LogP contribution in [0.25, 0.3) is 0 Å². The van der Waals surface area contributed by atoms with Crippen LogP contribution < -0.4 is 5.32 Å². The zero-order chi connectivity index (χ0) is 15.3. The van der Waals surface area contributed by atoms with Crippen LogP contribution in [0.4, 0.5) is 0 Å². The fourth-order valence-corrected chi connectivity index (χ4v) is 4.47. The quantitative estimate of drug-likeness (QED) is 0.599. The molecule has 2 atom stereocenters. The molecule has 1 saturated carbocycles. The maximum absolute atomic E-state index is 9.81. The SMILES string of the molecule is CCNC1(CO)CCCC1CCSc1nc(C)cc(C)n1. The summed E-state index contributed by atoms with van der Waals surface area (Å²) < 4.78 is 0. The highest BCUT2D eigenvalue weighted by Crippen LogP contribution is 2.38. The third kappa shape index (κ3) is 4.18. The third-order valence-corrected chi connectivity index (χ3v) is 5.31. The summed E-state index contributed by atoms with van der Waals surface area (Å²) in [6, 6.07) is 2.00. The Hall–Kier alpha value is -0.650. The van der Waals surface area contributed by atoms with Crippen molar-refractivity contribution in [2.75, 3.05) is 18.9 Å². The van der Waals surface area contributed by atoms with E-state index in [1.165, 1.54) is 12.8 Å². The van der Waals surface area contributed by atoms with E-state index in [0.717, 1.165) is 41.7 Å². The van der Waals surface area contributed by atoms with Gasteiger partial charge >= 0.3 is 0 Å². The maximum Gasteiger partial charge on any atom is 0.187 e. The van der Waals surface area contributed by atoms with Crippen molar-refractivity contribution in [2.24, 2.45) is 5.92 Å². The van der Waals surface area contributed by atoms with Crippen LogP contribution in [-0.4, -0.2) is 39.5 Å². The molecule has 0 aliphatic heterocycles. The topological polar surface area (TPSA) is 58.0 Å². The Kier molecular flexibility index (Phi) is 6.02. The molecule has 4 nitrogen and oxygen atoms in total. The average Bonchev–Trinajstić information content (AvgIpc) is 2.82. The van der Waals surface area contributed by atoms with E-state index in [-0.39, 0.29) is 12.1 Å². The number of rotatable bonds is 7. The molecular weight excluding hydrogens is 282 g/mol. The van der Waals surface area contributed by atoms with E-state index < -0.39 is 0 Å². The first-order valence-electron chi connectivity index (χ1n) is 7.90.